The van der Waals surface area contributed by atoms with Gasteiger partial charge in [-0.2, -0.15) is 0 Å². The van der Waals surface area contributed by atoms with E-state index in [2.05, 4.69) is 17.3 Å². The van der Waals surface area contributed by atoms with Crippen LogP contribution < -0.4 is 5.32 Å². The molecule has 1 aliphatic heterocycles. The SMILES string of the molecule is CN(C1CCOCC1)C1CCCC(NC2CC2)(C(=O)O)C1. The number of carboxylic acid groups (broad SMARTS) is 1. The highest BCUT2D eigenvalue weighted by molar-refractivity contribution is 5.79. The number of rotatable bonds is 5. The summed E-state index contributed by atoms with van der Waals surface area (Å²) in [5.41, 5.74) is -0.691. The van der Waals surface area contributed by atoms with Crippen molar-refractivity contribution in [1.82, 2.24) is 10.2 Å². The van der Waals surface area contributed by atoms with Crippen LogP contribution in [0, 0.1) is 0 Å². The third-order valence-electron chi connectivity index (χ3n) is 5.53. The van der Waals surface area contributed by atoms with Gasteiger partial charge in [0.15, 0.2) is 0 Å². The normalized spacial score (nSPS) is 35.0. The van der Waals surface area contributed by atoms with Crippen LogP contribution in [0.5, 0.6) is 0 Å². The molecule has 2 atom stereocenters. The summed E-state index contributed by atoms with van der Waals surface area (Å²) in [5, 5.41) is 13.2. The van der Waals surface area contributed by atoms with Gasteiger partial charge in [0.05, 0.1) is 0 Å². The first-order valence-electron chi connectivity index (χ1n) is 8.41. The number of nitrogens with zero attached hydrogens (tertiary/aromatic N) is 1. The Morgan fingerprint density at radius 1 is 1.19 bits per heavy atom. The fourth-order valence-corrected chi connectivity index (χ4v) is 3.99. The van der Waals surface area contributed by atoms with Gasteiger partial charge < -0.3 is 14.7 Å². The molecule has 21 heavy (non-hydrogen) atoms. The van der Waals surface area contributed by atoms with Gasteiger partial charge in [0, 0.05) is 31.3 Å². The minimum Gasteiger partial charge on any atom is -0.480 e. The van der Waals surface area contributed by atoms with Gasteiger partial charge in [0.2, 0.25) is 0 Å². The van der Waals surface area contributed by atoms with Gasteiger partial charge in [-0.05, 0) is 58.4 Å². The van der Waals surface area contributed by atoms with Crippen LogP contribution >= 0.6 is 0 Å². The molecule has 2 N–H and O–H groups in total. The van der Waals surface area contributed by atoms with Gasteiger partial charge in [0.1, 0.15) is 5.54 Å². The number of carboxylic acids is 1. The van der Waals surface area contributed by atoms with Crippen LogP contribution in [0.4, 0.5) is 0 Å². The fraction of sp³-hybridized carbons (Fsp3) is 0.938. The van der Waals surface area contributed by atoms with Crippen LogP contribution in [0.15, 0.2) is 0 Å². The summed E-state index contributed by atoms with van der Waals surface area (Å²) in [6.45, 7) is 1.68. The molecule has 0 aromatic carbocycles. The Kier molecular flexibility index (Phi) is 4.52. The molecule has 1 saturated heterocycles. The van der Waals surface area contributed by atoms with E-state index in [1.807, 2.05) is 0 Å². The molecule has 0 radical (unpaired) electrons. The monoisotopic (exact) mass is 296 g/mol. The summed E-state index contributed by atoms with van der Waals surface area (Å²) in [7, 11) is 2.18. The molecule has 5 nitrogen and oxygen atoms in total. The van der Waals surface area contributed by atoms with E-state index in [0.717, 1.165) is 64.6 Å². The number of hydrogen-bond acceptors (Lipinski definition) is 4. The van der Waals surface area contributed by atoms with Crippen LogP contribution in [0.1, 0.15) is 51.4 Å². The van der Waals surface area contributed by atoms with E-state index in [1.54, 1.807) is 0 Å². The average Bonchev–Trinajstić information content (AvgIpc) is 3.31. The van der Waals surface area contributed by atoms with Crippen LogP contribution in [-0.4, -0.2) is 59.9 Å². The first-order valence-corrected chi connectivity index (χ1v) is 8.41. The quantitative estimate of drug-likeness (QED) is 0.807. The maximum absolute atomic E-state index is 11.9. The van der Waals surface area contributed by atoms with Gasteiger partial charge in [-0.25, -0.2) is 0 Å². The molecule has 120 valence electrons. The lowest BCUT2D eigenvalue weighted by molar-refractivity contribution is -0.148. The Labute approximate surface area is 127 Å². The van der Waals surface area contributed by atoms with Gasteiger partial charge >= 0.3 is 5.97 Å². The van der Waals surface area contributed by atoms with Crippen molar-refractivity contribution >= 4 is 5.97 Å². The zero-order valence-corrected chi connectivity index (χ0v) is 13.0. The summed E-state index contributed by atoms with van der Waals surface area (Å²) in [4.78, 5) is 14.3. The highest BCUT2D eigenvalue weighted by Gasteiger charge is 2.47. The van der Waals surface area contributed by atoms with Crippen molar-refractivity contribution in [2.75, 3.05) is 20.3 Å². The number of aliphatic carboxylic acids is 1. The molecule has 0 spiro atoms. The van der Waals surface area contributed by atoms with Crippen molar-refractivity contribution in [1.29, 1.82) is 0 Å². The first-order chi connectivity index (χ1) is 10.1. The van der Waals surface area contributed by atoms with Crippen molar-refractivity contribution in [2.24, 2.45) is 0 Å². The van der Waals surface area contributed by atoms with Gasteiger partial charge in [-0.1, -0.05) is 0 Å². The summed E-state index contributed by atoms with van der Waals surface area (Å²) in [5.74, 6) is -0.653. The minimum absolute atomic E-state index is 0.379. The van der Waals surface area contributed by atoms with E-state index < -0.39 is 11.5 Å². The van der Waals surface area contributed by atoms with E-state index in [9.17, 15) is 9.90 Å². The molecule has 2 aliphatic carbocycles. The molecule has 2 unspecified atom stereocenters. The summed E-state index contributed by atoms with van der Waals surface area (Å²) in [6.07, 6.45) is 8.06. The lowest BCUT2D eigenvalue weighted by atomic mass is 9.77. The van der Waals surface area contributed by atoms with E-state index in [-0.39, 0.29) is 0 Å². The Hall–Kier alpha value is -0.650. The minimum atomic E-state index is -0.691. The van der Waals surface area contributed by atoms with Gasteiger partial charge in [-0.3, -0.25) is 10.1 Å². The largest absolute Gasteiger partial charge is 0.480 e. The van der Waals surface area contributed by atoms with E-state index in [0.29, 0.717) is 18.1 Å². The van der Waals surface area contributed by atoms with Crippen LogP contribution in [0.2, 0.25) is 0 Å². The van der Waals surface area contributed by atoms with Crippen molar-refractivity contribution in [2.45, 2.75) is 75.0 Å². The summed E-state index contributed by atoms with van der Waals surface area (Å²) in [6, 6.07) is 1.37. The van der Waals surface area contributed by atoms with Crippen molar-refractivity contribution in [3.8, 4) is 0 Å². The van der Waals surface area contributed by atoms with E-state index >= 15 is 0 Å². The number of nitrogens with one attached hydrogen (secondary N) is 1. The maximum atomic E-state index is 11.9. The van der Waals surface area contributed by atoms with Crippen molar-refractivity contribution < 1.29 is 14.6 Å². The third kappa shape index (κ3) is 3.41. The van der Waals surface area contributed by atoms with Crippen molar-refractivity contribution in [3.63, 3.8) is 0 Å². The Bertz CT molecular complexity index is 380. The van der Waals surface area contributed by atoms with Crippen LogP contribution in [0.3, 0.4) is 0 Å². The number of hydrogen-bond donors (Lipinski definition) is 2. The summed E-state index contributed by atoms with van der Waals surface area (Å²) >= 11 is 0. The maximum Gasteiger partial charge on any atom is 0.323 e. The molecule has 3 aliphatic rings. The molecule has 0 aromatic heterocycles. The molecule has 3 fully saturated rings. The molecule has 0 bridgehead atoms. The molecular formula is C16H28N2O3. The van der Waals surface area contributed by atoms with Crippen LogP contribution in [-0.2, 0) is 9.53 Å². The predicted molar refractivity (Wildman–Crippen MR) is 80.4 cm³/mol. The molecule has 3 rings (SSSR count). The molecule has 0 aromatic rings. The van der Waals surface area contributed by atoms with Crippen molar-refractivity contribution in [3.05, 3.63) is 0 Å². The lowest BCUT2D eigenvalue weighted by Crippen LogP contribution is -2.59. The van der Waals surface area contributed by atoms with Gasteiger partial charge in [0.25, 0.3) is 0 Å². The standard InChI is InChI=1S/C16H28N2O3/c1-18(13-6-9-21-10-7-13)14-3-2-8-16(11-14,15(19)20)17-12-4-5-12/h12-14,17H,2-11H2,1H3,(H,19,20). The predicted octanol–water partition coefficient (Wildman–Crippen LogP) is 1.62. The molecular weight excluding hydrogens is 268 g/mol. The van der Waals surface area contributed by atoms with Crippen LogP contribution in [0.25, 0.3) is 0 Å². The molecule has 1 heterocycles. The second-order valence-electron chi connectivity index (χ2n) is 7.07. The zero-order valence-electron chi connectivity index (χ0n) is 13.0. The van der Waals surface area contributed by atoms with E-state index in [4.69, 9.17) is 4.74 Å². The Balaban J connectivity index is 1.66. The Morgan fingerprint density at radius 2 is 1.90 bits per heavy atom. The zero-order chi connectivity index (χ0) is 14.9. The second-order valence-corrected chi connectivity index (χ2v) is 7.07. The highest BCUT2D eigenvalue weighted by atomic mass is 16.5. The second kappa shape index (κ2) is 6.23. The lowest BCUT2D eigenvalue weighted by Gasteiger charge is -2.45. The third-order valence-corrected chi connectivity index (χ3v) is 5.53. The molecule has 0 amide bonds. The smallest absolute Gasteiger partial charge is 0.323 e. The number of carbonyl (C=O) groups is 1. The average molecular weight is 296 g/mol. The number of ether oxygens (including phenoxy) is 1. The fourth-order valence-electron chi connectivity index (χ4n) is 3.99. The first kappa shape index (κ1) is 15.3. The summed E-state index contributed by atoms with van der Waals surface area (Å²) < 4.78 is 5.44. The molecule has 5 heteroatoms. The van der Waals surface area contributed by atoms with E-state index in [1.165, 1.54) is 0 Å². The highest BCUT2D eigenvalue weighted by Crippen LogP contribution is 2.36. The molecule has 2 saturated carbocycles. The topological polar surface area (TPSA) is 61.8 Å². The Morgan fingerprint density at radius 3 is 2.52 bits per heavy atom. The van der Waals surface area contributed by atoms with Gasteiger partial charge in [-0.15, -0.1) is 0 Å².